The van der Waals surface area contributed by atoms with Crippen molar-refractivity contribution in [3.05, 3.63) is 48.5 Å². The summed E-state index contributed by atoms with van der Waals surface area (Å²) in [4.78, 5) is 22.2. The minimum atomic E-state index is -4.18. The maximum Gasteiger partial charge on any atom is 0.413 e. The van der Waals surface area contributed by atoms with E-state index in [1.165, 1.54) is 24.3 Å². The van der Waals surface area contributed by atoms with Crippen molar-refractivity contribution < 1.29 is 26.9 Å². The first-order valence-corrected chi connectivity index (χ1v) is 9.39. The molecule has 0 heterocycles. The number of primary amides is 1. The third kappa shape index (κ3) is 5.82. The summed E-state index contributed by atoms with van der Waals surface area (Å²) in [6.45, 7) is 0. The molecule has 0 aliphatic heterocycles. The van der Waals surface area contributed by atoms with Crippen molar-refractivity contribution in [3.63, 3.8) is 0 Å². The van der Waals surface area contributed by atoms with Crippen LogP contribution in [0.25, 0.3) is 0 Å². The highest BCUT2D eigenvalue weighted by Gasteiger charge is 2.20. The number of anilines is 2. The minimum absolute atomic E-state index is 0.0536. The van der Waals surface area contributed by atoms with E-state index in [9.17, 15) is 18.0 Å². The highest BCUT2D eigenvalue weighted by molar-refractivity contribution is 7.87. The molecular weight excluding hydrogens is 408 g/mol. The van der Waals surface area contributed by atoms with Gasteiger partial charge < -0.3 is 25.3 Å². The average Bonchev–Trinajstić information content (AvgIpc) is 2.63. The van der Waals surface area contributed by atoms with E-state index in [4.69, 9.17) is 22.1 Å². The number of nitrogens with two attached hydrogens (primary N) is 1. The van der Waals surface area contributed by atoms with Gasteiger partial charge >= 0.3 is 22.2 Å². The fourth-order valence-electron chi connectivity index (χ4n) is 1.97. The van der Waals surface area contributed by atoms with Crippen LogP contribution in [0.5, 0.6) is 5.75 Å². The molecule has 12 heteroatoms. The number of benzene rings is 2. The van der Waals surface area contributed by atoms with Gasteiger partial charge in [-0.15, -0.1) is 0 Å². The lowest BCUT2D eigenvalue weighted by Gasteiger charge is -2.15. The molecule has 5 N–H and O–H groups in total. The zero-order valence-electron chi connectivity index (χ0n) is 14.5. The van der Waals surface area contributed by atoms with Crippen LogP contribution in [0.2, 0.25) is 0 Å². The molecule has 0 atom stereocenters. The van der Waals surface area contributed by atoms with Crippen LogP contribution < -0.4 is 25.9 Å². The highest BCUT2D eigenvalue weighted by Crippen LogP contribution is 2.27. The lowest BCUT2D eigenvalue weighted by molar-refractivity contribution is 0.177. The Morgan fingerprint density at radius 3 is 2.32 bits per heavy atom. The number of amides is 3. The second kappa shape index (κ2) is 9.01. The monoisotopic (exact) mass is 424 g/mol. The van der Waals surface area contributed by atoms with Crippen LogP contribution in [0.1, 0.15) is 0 Å². The summed E-state index contributed by atoms with van der Waals surface area (Å²) in [6, 6.07) is 10.7. The topological polar surface area (TPSA) is 149 Å². The molecule has 2 rings (SSSR count). The fourth-order valence-corrected chi connectivity index (χ4v) is 3.12. The molecule has 0 fully saturated rings. The fraction of sp³-hybridized carbons (Fsp3) is 0.0625. The highest BCUT2D eigenvalue weighted by atomic mass is 32.2. The Morgan fingerprint density at radius 1 is 1.04 bits per heavy atom. The van der Waals surface area contributed by atoms with Crippen molar-refractivity contribution in [1.82, 2.24) is 5.32 Å². The maximum atomic E-state index is 12.5. The van der Waals surface area contributed by atoms with E-state index < -0.39 is 22.2 Å². The minimum Gasteiger partial charge on any atom is -0.453 e. The lowest BCUT2D eigenvalue weighted by Crippen LogP contribution is -2.34. The number of nitrogens with one attached hydrogen (secondary N) is 3. The van der Waals surface area contributed by atoms with Gasteiger partial charge in [0.15, 0.2) is 5.11 Å². The largest absolute Gasteiger partial charge is 0.453 e. The number of hydrogen-bond donors (Lipinski definition) is 4. The van der Waals surface area contributed by atoms with Crippen molar-refractivity contribution in [2.45, 2.75) is 4.90 Å². The second-order valence-corrected chi connectivity index (χ2v) is 7.07. The van der Waals surface area contributed by atoms with E-state index in [0.29, 0.717) is 0 Å². The Kier molecular flexibility index (Phi) is 6.74. The van der Waals surface area contributed by atoms with Gasteiger partial charge in [0.2, 0.25) is 0 Å². The smallest absolute Gasteiger partial charge is 0.413 e. The summed E-state index contributed by atoms with van der Waals surface area (Å²) in [5, 5.41) is 6.89. The molecule has 0 bridgehead atoms. The zero-order chi connectivity index (χ0) is 20.7. The van der Waals surface area contributed by atoms with Gasteiger partial charge in [0.1, 0.15) is 10.6 Å². The number of thiocarbonyl (C=S) groups is 1. The van der Waals surface area contributed by atoms with Crippen LogP contribution in [-0.2, 0) is 14.9 Å². The molecule has 0 radical (unpaired) electrons. The molecule has 0 aliphatic carbocycles. The standard InChI is InChI=1S/C16H16N4O6S2/c1-25-16(22)20-15(27)19-13-9-11(7-8-12(13)18-14(17)21)28(23,24)26-10-5-3-2-4-6-10/h2-9H,1H3,(H3,17,18,21)(H2,19,20,22,27). The summed E-state index contributed by atoms with van der Waals surface area (Å²) in [6.07, 6.45) is -0.835. The van der Waals surface area contributed by atoms with Crippen molar-refractivity contribution in [3.8, 4) is 5.75 Å². The first-order valence-electron chi connectivity index (χ1n) is 7.57. The number of carbonyl (C=O) groups is 2. The van der Waals surface area contributed by atoms with Gasteiger partial charge in [-0.25, -0.2) is 9.59 Å². The van der Waals surface area contributed by atoms with Crippen LogP contribution in [-0.4, -0.2) is 32.8 Å². The maximum absolute atomic E-state index is 12.5. The number of rotatable bonds is 5. The summed E-state index contributed by atoms with van der Waals surface area (Å²) in [7, 11) is -3.04. The lowest BCUT2D eigenvalue weighted by atomic mass is 10.2. The molecule has 148 valence electrons. The normalized spacial score (nSPS) is 10.5. The number of ether oxygens (including phenoxy) is 1. The van der Waals surface area contributed by atoms with Gasteiger partial charge in [0.25, 0.3) is 0 Å². The Bertz CT molecular complexity index is 995. The van der Waals surface area contributed by atoms with Gasteiger partial charge in [-0.1, -0.05) is 18.2 Å². The summed E-state index contributed by atoms with van der Waals surface area (Å²) in [5.41, 5.74) is 5.29. The molecule has 0 saturated carbocycles. The van der Waals surface area contributed by atoms with E-state index in [2.05, 4.69) is 20.7 Å². The number of para-hydroxylation sites is 1. The van der Waals surface area contributed by atoms with Gasteiger partial charge in [-0.05, 0) is 42.5 Å². The molecule has 3 amide bonds. The molecule has 0 unspecified atom stereocenters. The molecule has 2 aromatic rings. The molecule has 0 aromatic heterocycles. The Balaban J connectivity index is 2.34. The average molecular weight is 424 g/mol. The van der Waals surface area contributed by atoms with Crippen molar-refractivity contribution in [2.24, 2.45) is 5.73 Å². The molecule has 0 spiro atoms. The van der Waals surface area contributed by atoms with E-state index in [1.807, 2.05) is 0 Å². The summed E-state index contributed by atoms with van der Waals surface area (Å²) >= 11 is 4.95. The molecule has 28 heavy (non-hydrogen) atoms. The van der Waals surface area contributed by atoms with E-state index in [-0.39, 0.29) is 27.1 Å². The van der Waals surface area contributed by atoms with Gasteiger partial charge in [0, 0.05) is 0 Å². The SMILES string of the molecule is COC(=O)NC(=S)Nc1cc(S(=O)(=O)Oc2ccccc2)ccc1NC(N)=O. The Morgan fingerprint density at radius 2 is 1.71 bits per heavy atom. The molecule has 0 saturated heterocycles. The molecule has 2 aromatic carbocycles. The van der Waals surface area contributed by atoms with Crippen LogP contribution >= 0.6 is 12.2 Å². The molecule has 0 aliphatic rings. The van der Waals surface area contributed by atoms with Crippen LogP contribution in [0.15, 0.2) is 53.4 Å². The van der Waals surface area contributed by atoms with Gasteiger partial charge in [-0.2, -0.15) is 8.42 Å². The first kappa shape index (κ1) is 20.9. The number of carbonyl (C=O) groups excluding carboxylic acids is 2. The number of hydrogen-bond acceptors (Lipinski definition) is 7. The summed E-state index contributed by atoms with van der Waals surface area (Å²) in [5.74, 6) is 0.124. The Hall–Kier alpha value is -3.38. The molecule has 10 nitrogen and oxygen atoms in total. The third-order valence-corrected chi connectivity index (χ3v) is 4.58. The number of urea groups is 1. The third-order valence-electron chi connectivity index (χ3n) is 3.14. The quantitative estimate of drug-likeness (QED) is 0.421. The summed E-state index contributed by atoms with van der Waals surface area (Å²) < 4.78 is 34.5. The van der Waals surface area contributed by atoms with Gasteiger partial charge in [0.05, 0.1) is 18.5 Å². The van der Waals surface area contributed by atoms with Crippen LogP contribution in [0, 0.1) is 0 Å². The number of methoxy groups -OCH3 is 1. The van der Waals surface area contributed by atoms with Crippen LogP contribution in [0.3, 0.4) is 0 Å². The van der Waals surface area contributed by atoms with E-state index in [0.717, 1.165) is 13.2 Å². The van der Waals surface area contributed by atoms with E-state index in [1.54, 1.807) is 18.2 Å². The Labute approximate surface area is 166 Å². The predicted octanol–water partition coefficient (Wildman–Crippen LogP) is 2.00. The van der Waals surface area contributed by atoms with Crippen molar-refractivity contribution >= 4 is 50.9 Å². The molecular formula is C16H16N4O6S2. The zero-order valence-corrected chi connectivity index (χ0v) is 16.1. The van der Waals surface area contributed by atoms with Crippen LogP contribution in [0.4, 0.5) is 21.0 Å². The predicted molar refractivity (Wildman–Crippen MR) is 106 cm³/mol. The second-order valence-electron chi connectivity index (χ2n) is 5.12. The van der Waals surface area contributed by atoms with Gasteiger partial charge in [-0.3, -0.25) is 5.32 Å². The van der Waals surface area contributed by atoms with Crippen molar-refractivity contribution in [2.75, 3.05) is 17.7 Å². The first-order chi connectivity index (χ1) is 13.2. The number of alkyl carbamates (subject to hydrolysis) is 1. The van der Waals surface area contributed by atoms with E-state index >= 15 is 0 Å². The van der Waals surface area contributed by atoms with Crippen molar-refractivity contribution in [1.29, 1.82) is 0 Å².